The Labute approximate surface area is 187 Å². The van der Waals surface area contributed by atoms with Crippen LogP contribution in [0.2, 0.25) is 0 Å². The molecule has 1 atom stereocenters. The van der Waals surface area contributed by atoms with Crippen LogP contribution in [0.1, 0.15) is 40.9 Å². The number of rotatable bonds is 9. The minimum atomic E-state index is -0.488. The van der Waals surface area contributed by atoms with Gasteiger partial charge in [-0.15, -0.1) is 0 Å². The topological polar surface area (TPSA) is 58.6 Å². The van der Waals surface area contributed by atoms with E-state index in [1.807, 2.05) is 43.3 Å². The van der Waals surface area contributed by atoms with Crippen molar-refractivity contribution in [2.45, 2.75) is 25.9 Å². The average molecular weight is 435 g/mol. The van der Waals surface area contributed by atoms with E-state index in [1.54, 1.807) is 41.3 Å². The van der Waals surface area contributed by atoms with Crippen molar-refractivity contribution in [1.82, 2.24) is 10.2 Å². The highest BCUT2D eigenvalue weighted by atomic mass is 19.1. The molecule has 32 heavy (non-hydrogen) atoms. The first kappa shape index (κ1) is 23.0. The summed E-state index contributed by atoms with van der Waals surface area (Å²) in [6.45, 7) is 2.60. The molecule has 0 aliphatic carbocycles. The van der Waals surface area contributed by atoms with E-state index in [2.05, 4.69) is 5.32 Å². The van der Waals surface area contributed by atoms with Gasteiger partial charge in [0.25, 0.3) is 5.91 Å². The minimum absolute atomic E-state index is 0.0923. The van der Waals surface area contributed by atoms with Crippen molar-refractivity contribution < 1.29 is 18.7 Å². The third-order valence-electron chi connectivity index (χ3n) is 5.25. The van der Waals surface area contributed by atoms with Crippen molar-refractivity contribution in [1.29, 1.82) is 0 Å². The molecule has 0 saturated heterocycles. The Morgan fingerprint density at radius 1 is 1.00 bits per heavy atom. The van der Waals surface area contributed by atoms with Crippen LogP contribution in [-0.2, 0) is 11.3 Å². The quantitative estimate of drug-likeness (QED) is 0.529. The highest BCUT2D eigenvalue weighted by Gasteiger charge is 2.22. The lowest BCUT2D eigenvalue weighted by molar-refractivity contribution is -0.132. The van der Waals surface area contributed by atoms with Gasteiger partial charge in [-0.2, -0.15) is 0 Å². The Bertz CT molecular complexity index is 1040. The monoisotopic (exact) mass is 434 g/mol. The van der Waals surface area contributed by atoms with E-state index in [4.69, 9.17) is 4.74 Å². The van der Waals surface area contributed by atoms with Gasteiger partial charge in [0.2, 0.25) is 5.91 Å². The molecule has 0 fully saturated rings. The molecule has 0 heterocycles. The summed E-state index contributed by atoms with van der Waals surface area (Å²) in [7, 11) is 1.41. The number of nitrogens with one attached hydrogen (secondary N) is 1. The lowest BCUT2D eigenvalue weighted by atomic mass is 10.0. The summed E-state index contributed by atoms with van der Waals surface area (Å²) in [5.41, 5.74) is 2.04. The van der Waals surface area contributed by atoms with Crippen molar-refractivity contribution in [2.24, 2.45) is 0 Å². The smallest absolute Gasteiger partial charge is 0.251 e. The summed E-state index contributed by atoms with van der Waals surface area (Å²) < 4.78 is 19.0. The number of carbonyl (C=O) groups excluding carboxylic acids is 2. The summed E-state index contributed by atoms with van der Waals surface area (Å²) >= 11 is 0. The maximum Gasteiger partial charge on any atom is 0.251 e. The minimum Gasteiger partial charge on any atom is -0.494 e. The van der Waals surface area contributed by atoms with Crippen LogP contribution in [0.5, 0.6) is 5.75 Å². The normalized spacial score (nSPS) is 11.5. The highest BCUT2D eigenvalue weighted by Crippen LogP contribution is 2.22. The number of hydrogen-bond acceptors (Lipinski definition) is 3. The van der Waals surface area contributed by atoms with Gasteiger partial charge in [-0.25, -0.2) is 4.39 Å². The summed E-state index contributed by atoms with van der Waals surface area (Å²) in [5, 5.41) is 2.98. The van der Waals surface area contributed by atoms with E-state index in [0.717, 1.165) is 5.56 Å². The van der Waals surface area contributed by atoms with E-state index in [-0.39, 0.29) is 30.5 Å². The highest BCUT2D eigenvalue weighted by molar-refractivity contribution is 5.94. The third kappa shape index (κ3) is 5.94. The molecule has 0 bridgehead atoms. The first-order valence-corrected chi connectivity index (χ1v) is 10.5. The van der Waals surface area contributed by atoms with E-state index < -0.39 is 11.9 Å². The number of carbonyl (C=O) groups is 2. The number of nitrogens with zero attached hydrogens (tertiary/aromatic N) is 1. The second-order valence-corrected chi connectivity index (χ2v) is 7.38. The lowest BCUT2D eigenvalue weighted by Crippen LogP contribution is -2.36. The molecule has 3 aromatic carbocycles. The SMILES string of the molecule is CCN(Cc1ccc(OC)c(F)c1)C(=O)CC(NC(=O)c1ccccc1)c1ccccc1. The first-order chi connectivity index (χ1) is 15.5. The second-order valence-electron chi connectivity index (χ2n) is 7.38. The molecule has 0 aromatic heterocycles. The van der Waals surface area contributed by atoms with Gasteiger partial charge in [0.05, 0.1) is 19.6 Å². The van der Waals surface area contributed by atoms with Gasteiger partial charge in [0, 0.05) is 18.7 Å². The molecule has 1 unspecified atom stereocenters. The van der Waals surface area contributed by atoms with Crippen molar-refractivity contribution >= 4 is 11.8 Å². The largest absolute Gasteiger partial charge is 0.494 e. The summed E-state index contributed by atoms with van der Waals surface area (Å²) in [5.74, 6) is -0.680. The number of amides is 2. The van der Waals surface area contributed by atoms with Gasteiger partial charge in [-0.1, -0.05) is 54.6 Å². The molecular weight excluding hydrogens is 407 g/mol. The van der Waals surface area contributed by atoms with Crippen LogP contribution in [0.25, 0.3) is 0 Å². The second kappa shape index (κ2) is 11.1. The van der Waals surface area contributed by atoms with Crippen molar-refractivity contribution in [2.75, 3.05) is 13.7 Å². The number of halogens is 1. The van der Waals surface area contributed by atoms with Crippen LogP contribution < -0.4 is 10.1 Å². The molecule has 0 aliphatic heterocycles. The third-order valence-corrected chi connectivity index (χ3v) is 5.25. The molecule has 0 radical (unpaired) electrons. The lowest BCUT2D eigenvalue weighted by Gasteiger charge is -2.25. The molecular formula is C26H27FN2O3. The summed E-state index contributed by atoms with van der Waals surface area (Å²) in [6, 6.07) is 22.5. The Kier molecular flexibility index (Phi) is 7.97. The van der Waals surface area contributed by atoms with E-state index in [9.17, 15) is 14.0 Å². The molecule has 166 valence electrons. The predicted octanol–water partition coefficient (Wildman–Crippen LogP) is 4.74. The summed E-state index contributed by atoms with van der Waals surface area (Å²) in [6.07, 6.45) is 0.0923. The Morgan fingerprint density at radius 2 is 1.66 bits per heavy atom. The van der Waals surface area contributed by atoms with Crippen LogP contribution in [0.3, 0.4) is 0 Å². The zero-order chi connectivity index (χ0) is 22.9. The number of ether oxygens (including phenoxy) is 1. The predicted molar refractivity (Wildman–Crippen MR) is 122 cm³/mol. The van der Waals surface area contributed by atoms with Crippen LogP contribution in [0.15, 0.2) is 78.9 Å². The van der Waals surface area contributed by atoms with E-state index >= 15 is 0 Å². The summed E-state index contributed by atoms with van der Waals surface area (Å²) in [4.78, 5) is 27.5. The van der Waals surface area contributed by atoms with Crippen LogP contribution >= 0.6 is 0 Å². The van der Waals surface area contributed by atoms with Crippen LogP contribution in [-0.4, -0.2) is 30.4 Å². The van der Waals surface area contributed by atoms with Gasteiger partial charge in [0.1, 0.15) is 0 Å². The molecule has 0 saturated carbocycles. The van der Waals surface area contributed by atoms with Crippen LogP contribution in [0.4, 0.5) is 4.39 Å². The van der Waals surface area contributed by atoms with Crippen LogP contribution in [0, 0.1) is 5.82 Å². The maximum atomic E-state index is 14.1. The Morgan fingerprint density at radius 3 is 2.25 bits per heavy atom. The average Bonchev–Trinajstić information content (AvgIpc) is 2.83. The molecule has 2 amide bonds. The number of benzene rings is 3. The fraction of sp³-hybridized carbons (Fsp3) is 0.231. The zero-order valence-corrected chi connectivity index (χ0v) is 18.3. The molecule has 0 spiro atoms. The standard InChI is InChI=1S/C26H27FN2O3/c1-3-29(18-19-14-15-24(32-2)22(27)16-19)25(30)17-23(20-10-6-4-7-11-20)28-26(31)21-12-8-5-9-13-21/h4-16,23H,3,17-18H2,1-2H3,(H,28,31). The van der Waals surface area contributed by atoms with Crippen molar-refractivity contribution in [3.63, 3.8) is 0 Å². The number of methoxy groups -OCH3 is 1. The molecule has 1 N–H and O–H groups in total. The zero-order valence-electron chi connectivity index (χ0n) is 18.3. The van der Waals surface area contributed by atoms with Gasteiger partial charge in [-0.05, 0) is 42.3 Å². The Hall–Kier alpha value is -3.67. The molecule has 3 aromatic rings. The molecule has 6 heteroatoms. The van der Waals surface area contributed by atoms with Gasteiger partial charge >= 0.3 is 0 Å². The van der Waals surface area contributed by atoms with Gasteiger partial charge in [0.15, 0.2) is 11.6 Å². The Balaban J connectivity index is 1.75. The van der Waals surface area contributed by atoms with Crippen molar-refractivity contribution in [3.05, 3.63) is 101 Å². The molecule has 0 aliphatic rings. The van der Waals surface area contributed by atoms with Gasteiger partial charge in [-0.3, -0.25) is 9.59 Å². The molecule has 5 nitrogen and oxygen atoms in total. The van der Waals surface area contributed by atoms with Crippen molar-refractivity contribution in [3.8, 4) is 5.75 Å². The molecule has 3 rings (SSSR count). The van der Waals surface area contributed by atoms with Gasteiger partial charge < -0.3 is 15.0 Å². The van der Waals surface area contributed by atoms with E-state index in [0.29, 0.717) is 17.7 Å². The number of hydrogen-bond donors (Lipinski definition) is 1. The maximum absolute atomic E-state index is 14.1. The first-order valence-electron chi connectivity index (χ1n) is 10.5. The fourth-order valence-corrected chi connectivity index (χ4v) is 3.48. The fourth-order valence-electron chi connectivity index (χ4n) is 3.48. The van der Waals surface area contributed by atoms with E-state index in [1.165, 1.54) is 13.2 Å².